The quantitative estimate of drug-likeness (QED) is 0.535. The molecule has 152 valence electrons. The van der Waals surface area contributed by atoms with Crippen molar-refractivity contribution in [2.24, 2.45) is 0 Å². The van der Waals surface area contributed by atoms with Gasteiger partial charge in [0.15, 0.2) is 5.88 Å². The maximum Gasteiger partial charge on any atom is 0.241 e. The molecule has 2 aliphatic rings. The summed E-state index contributed by atoms with van der Waals surface area (Å²) in [5, 5.41) is 1.57. The first-order valence-corrected chi connectivity index (χ1v) is 10.4. The number of ether oxygens (including phenoxy) is 1. The van der Waals surface area contributed by atoms with Gasteiger partial charge in [-0.25, -0.2) is 4.39 Å². The second-order valence-electron chi connectivity index (χ2n) is 7.69. The maximum atomic E-state index is 13.6. The molecule has 30 heavy (non-hydrogen) atoms. The number of anilines is 1. The van der Waals surface area contributed by atoms with Gasteiger partial charge in [0.25, 0.3) is 0 Å². The average Bonchev–Trinajstić information content (AvgIpc) is 2.96. The number of hydrogen-bond donors (Lipinski definition) is 0. The van der Waals surface area contributed by atoms with Crippen LogP contribution in [0.25, 0.3) is 10.8 Å². The Kier molecular flexibility index (Phi) is 4.32. The van der Waals surface area contributed by atoms with Crippen LogP contribution in [0.1, 0.15) is 11.3 Å². The Morgan fingerprint density at radius 1 is 1.30 bits per heavy atom. The molecule has 5 nitrogen and oxygen atoms in total. The Morgan fingerprint density at radius 3 is 2.83 bits per heavy atom. The summed E-state index contributed by atoms with van der Waals surface area (Å²) in [5.41, 5.74) is 2.06. The highest BCUT2D eigenvalue weighted by atomic mass is 79.9. The van der Waals surface area contributed by atoms with Crippen molar-refractivity contribution in [3.8, 4) is 0 Å². The predicted octanol–water partition coefficient (Wildman–Crippen LogP) is 4.35. The molecule has 5 rings (SSSR count). The highest BCUT2D eigenvalue weighted by molar-refractivity contribution is 9.10. The zero-order valence-electron chi connectivity index (χ0n) is 16.4. The molecule has 0 unspecified atom stereocenters. The van der Waals surface area contributed by atoms with Crippen LogP contribution in [0.5, 0.6) is 0 Å². The van der Waals surface area contributed by atoms with Gasteiger partial charge < -0.3 is 14.5 Å². The van der Waals surface area contributed by atoms with E-state index in [0.29, 0.717) is 30.9 Å². The molecule has 3 heterocycles. The van der Waals surface area contributed by atoms with Crippen LogP contribution >= 0.6 is 15.9 Å². The van der Waals surface area contributed by atoms with E-state index in [2.05, 4.69) is 27.5 Å². The van der Waals surface area contributed by atoms with E-state index in [9.17, 15) is 9.18 Å². The lowest BCUT2D eigenvalue weighted by Gasteiger charge is -2.47. The van der Waals surface area contributed by atoms with Gasteiger partial charge in [-0.15, -0.1) is 0 Å². The van der Waals surface area contributed by atoms with E-state index < -0.39 is 5.41 Å². The Bertz CT molecular complexity index is 1210. The molecule has 1 aromatic heterocycles. The number of likely N-dealkylation sites (tertiary alicyclic amines) is 1. The van der Waals surface area contributed by atoms with Gasteiger partial charge in [-0.2, -0.15) is 0 Å². The molecule has 0 N–H and O–H groups in total. The fourth-order valence-electron chi connectivity index (χ4n) is 4.43. The Labute approximate surface area is 181 Å². The third-order valence-corrected chi connectivity index (χ3v) is 6.93. The molecule has 0 atom stereocenters. The number of rotatable bonds is 4. The van der Waals surface area contributed by atoms with Crippen molar-refractivity contribution in [1.29, 1.82) is 0 Å². The largest absolute Gasteiger partial charge is 0.483 e. The summed E-state index contributed by atoms with van der Waals surface area (Å²) in [5.74, 6) is 0.314. The van der Waals surface area contributed by atoms with E-state index in [0.717, 1.165) is 26.8 Å². The van der Waals surface area contributed by atoms with Crippen LogP contribution in [0.4, 0.5) is 10.1 Å². The van der Waals surface area contributed by atoms with Crippen LogP contribution in [-0.4, -0.2) is 36.0 Å². The molecular formula is C23H19BrFN3O2. The summed E-state index contributed by atoms with van der Waals surface area (Å²) in [6.45, 7) is 5.31. The summed E-state index contributed by atoms with van der Waals surface area (Å²) in [6.07, 6.45) is 1.65. The number of amides is 1. The van der Waals surface area contributed by atoms with Gasteiger partial charge in [-0.3, -0.25) is 9.78 Å². The van der Waals surface area contributed by atoms with Crippen LogP contribution in [0.3, 0.4) is 0 Å². The minimum Gasteiger partial charge on any atom is -0.483 e. The number of carbonyl (C=O) groups excluding carboxylic acids is 1. The molecular weight excluding hydrogens is 449 g/mol. The lowest BCUT2D eigenvalue weighted by atomic mass is 9.75. The molecule has 1 spiro atoms. The normalized spacial score (nSPS) is 16.7. The minimum absolute atomic E-state index is 0.0526. The van der Waals surface area contributed by atoms with Crippen molar-refractivity contribution in [3.05, 3.63) is 82.7 Å². The molecule has 3 aromatic rings. The number of para-hydroxylation sites is 1. The third kappa shape index (κ3) is 2.65. The summed E-state index contributed by atoms with van der Waals surface area (Å²) in [7, 11) is 1.58. The summed E-state index contributed by atoms with van der Waals surface area (Å²) in [6, 6.07) is 12.5. The van der Waals surface area contributed by atoms with Crippen molar-refractivity contribution in [1.82, 2.24) is 9.88 Å². The summed E-state index contributed by atoms with van der Waals surface area (Å²) in [4.78, 5) is 21.9. The van der Waals surface area contributed by atoms with Crippen molar-refractivity contribution in [2.75, 3.05) is 25.1 Å². The van der Waals surface area contributed by atoms with Crippen LogP contribution in [0, 0.1) is 5.82 Å². The Balaban J connectivity index is 1.51. The standard InChI is InChI=1S/C23H19BrFN3O2/c1-14(30-2)27-12-23(13-27)18-5-3-4-6-20(18)28(22(23)29)11-19-21(24)17-8-7-16(25)9-15(17)10-26-19/h3-10H,1,11-13H2,2H3. The highest BCUT2D eigenvalue weighted by Gasteiger charge is 2.58. The zero-order valence-corrected chi connectivity index (χ0v) is 17.9. The molecule has 0 aliphatic carbocycles. The van der Waals surface area contributed by atoms with E-state index in [1.807, 2.05) is 29.2 Å². The number of aromatic nitrogens is 1. The van der Waals surface area contributed by atoms with Gasteiger partial charge in [-0.05, 0) is 51.7 Å². The first-order valence-electron chi connectivity index (χ1n) is 9.56. The molecule has 1 fully saturated rings. The minimum atomic E-state index is -0.593. The molecule has 0 bridgehead atoms. The number of carbonyl (C=O) groups is 1. The highest BCUT2D eigenvalue weighted by Crippen LogP contribution is 2.48. The lowest BCUT2D eigenvalue weighted by molar-refractivity contribution is -0.129. The summed E-state index contributed by atoms with van der Waals surface area (Å²) < 4.78 is 19.5. The first kappa shape index (κ1) is 19.1. The summed E-state index contributed by atoms with van der Waals surface area (Å²) >= 11 is 3.61. The van der Waals surface area contributed by atoms with Crippen molar-refractivity contribution in [2.45, 2.75) is 12.0 Å². The Morgan fingerprint density at radius 2 is 2.07 bits per heavy atom. The van der Waals surface area contributed by atoms with E-state index in [-0.39, 0.29) is 11.7 Å². The van der Waals surface area contributed by atoms with Gasteiger partial charge in [0.1, 0.15) is 11.2 Å². The molecule has 0 radical (unpaired) electrons. The number of methoxy groups -OCH3 is 1. The number of benzene rings is 2. The second kappa shape index (κ2) is 6.80. The Hall–Kier alpha value is -2.93. The van der Waals surface area contributed by atoms with Gasteiger partial charge in [0.2, 0.25) is 5.91 Å². The van der Waals surface area contributed by atoms with Crippen LogP contribution in [-0.2, 0) is 21.5 Å². The number of nitrogens with zero attached hydrogens (tertiary/aromatic N) is 3. The number of hydrogen-bond acceptors (Lipinski definition) is 4. The molecule has 7 heteroatoms. The van der Waals surface area contributed by atoms with Gasteiger partial charge in [0.05, 0.1) is 19.3 Å². The van der Waals surface area contributed by atoms with Crippen LogP contribution in [0.15, 0.2) is 65.6 Å². The third-order valence-electron chi connectivity index (χ3n) is 6.05. The SMILES string of the molecule is C=C(OC)N1CC2(C1)C(=O)N(Cc1ncc3cc(F)ccc3c1Br)c1ccccc12. The van der Waals surface area contributed by atoms with Crippen molar-refractivity contribution < 1.29 is 13.9 Å². The number of pyridine rings is 1. The van der Waals surface area contributed by atoms with Gasteiger partial charge >= 0.3 is 0 Å². The van der Waals surface area contributed by atoms with E-state index >= 15 is 0 Å². The van der Waals surface area contributed by atoms with Gasteiger partial charge in [0, 0.05) is 34.8 Å². The van der Waals surface area contributed by atoms with E-state index in [4.69, 9.17) is 4.74 Å². The second-order valence-corrected chi connectivity index (χ2v) is 8.49. The molecule has 1 saturated heterocycles. The smallest absolute Gasteiger partial charge is 0.241 e. The molecule has 2 aliphatic heterocycles. The fraction of sp³-hybridized carbons (Fsp3) is 0.217. The van der Waals surface area contributed by atoms with Crippen molar-refractivity contribution >= 4 is 38.3 Å². The fourth-order valence-corrected chi connectivity index (χ4v) is 5.02. The topological polar surface area (TPSA) is 45.7 Å². The van der Waals surface area contributed by atoms with Crippen molar-refractivity contribution in [3.63, 3.8) is 0 Å². The molecule has 0 saturated carbocycles. The average molecular weight is 468 g/mol. The maximum absolute atomic E-state index is 13.6. The van der Waals surface area contributed by atoms with Crippen LogP contribution < -0.4 is 4.90 Å². The number of fused-ring (bicyclic) bond motifs is 3. The first-order chi connectivity index (χ1) is 14.4. The van der Waals surface area contributed by atoms with Crippen LogP contribution in [0.2, 0.25) is 0 Å². The molecule has 1 amide bonds. The van der Waals surface area contributed by atoms with E-state index in [1.165, 1.54) is 12.1 Å². The van der Waals surface area contributed by atoms with E-state index in [1.54, 1.807) is 24.3 Å². The predicted molar refractivity (Wildman–Crippen MR) is 116 cm³/mol. The monoisotopic (exact) mass is 467 g/mol. The molecule has 2 aromatic carbocycles. The lowest BCUT2D eigenvalue weighted by Crippen LogP contribution is -2.63. The zero-order chi connectivity index (χ0) is 21.0. The number of halogens is 2. The van der Waals surface area contributed by atoms with Gasteiger partial charge in [-0.1, -0.05) is 24.3 Å².